The minimum absolute atomic E-state index is 0.0155. The third-order valence-electron chi connectivity index (χ3n) is 5.27. The van der Waals surface area contributed by atoms with Gasteiger partial charge in [-0.15, -0.1) is 10.2 Å². The predicted octanol–water partition coefficient (Wildman–Crippen LogP) is 2.77. The van der Waals surface area contributed by atoms with Crippen molar-refractivity contribution in [3.05, 3.63) is 30.0 Å². The molecule has 0 N–H and O–H groups in total. The SMILES string of the molecule is Cn1ccnc1[C@@H]1OCCC[C@H]1c1nnc(C2(C#N)CCCC2)o1. The number of nitrogens with zero attached hydrogens (tertiary/aromatic N) is 5. The molecule has 7 nitrogen and oxygen atoms in total. The average Bonchev–Trinajstić information content (AvgIpc) is 3.35. The Bertz CT molecular complexity index is 753. The van der Waals surface area contributed by atoms with E-state index in [0.717, 1.165) is 44.3 Å². The number of rotatable bonds is 3. The maximum absolute atomic E-state index is 9.61. The normalized spacial score (nSPS) is 26.3. The molecule has 1 aliphatic carbocycles. The van der Waals surface area contributed by atoms with Crippen molar-refractivity contribution in [2.45, 2.75) is 56.0 Å². The summed E-state index contributed by atoms with van der Waals surface area (Å²) in [7, 11) is 1.96. The lowest BCUT2D eigenvalue weighted by atomic mass is 9.88. The zero-order valence-electron chi connectivity index (χ0n) is 13.8. The minimum atomic E-state index is -0.598. The highest BCUT2D eigenvalue weighted by molar-refractivity contribution is 5.20. The third kappa shape index (κ3) is 2.42. The van der Waals surface area contributed by atoms with E-state index in [9.17, 15) is 5.26 Å². The standard InChI is InChI=1S/C17H21N5O2/c1-22-9-8-19-14(22)13-12(5-4-10-23-13)15-20-21-16(24-15)17(11-18)6-2-3-7-17/h8-9,12-13H,2-7,10H2,1H3/t12-,13-/m1/s1. The average molecular weight is 327 g/mol. The number of nitriles is 1. The van der Waals surface area contributed by atoms with Gasteiger partial charge in [0.15, 0.2) is 0 Å². The molecule has 7 heteroatoms. The Labute approximate surface area is 140 Å². The first-order valence-electron chi connectivity index (χ1n) is 8.57. The van der Waals surface area contributed by atoms with Gasteiger partial charge in [-0.05, 0) is 25.7 Å². The van der Waals surface area contributed by atoms with Crippen LogP contribution in [0, 0.1) is 11.3 Å². The lowest BCUT2D eigenvalue weighted by Gasteiger charge is -2.29. The molecule has 2 aromatic rings. The number of aromatic nitrogens is 4. The molecule has 2 aromatic heterocycles. The van der Waals surface area contributed by atoms with Gasteiger partial charge in [0.2, 0.25) is 11.8 Å². The van der Waals surface area contributed by atoms with Gasteiger partial charge in [0.1, 0.15) is 17.3 Å². The van der Waals surface area contributed by atoms with E-state index in [2.05, 4.69) is 21.3 Å². The maximum atomic E-state index is 9.61. The van der Waals surface area contributed by atoms with E-state index in [1.165, 1.54) is 0 Å². The molecule has 0 amide bonds. The van der Waals surface area contributed by atoms with E-state index < -0.39 is 5.41 Å². The summed E-state index contributed by atoms with van der Waals surface area (Å²) >= 11 is 0. The van der Waals surface area contributed by atoms with Gasteiger partial charge in [0.05, 0.1) is 12.0 Å². The van der Waals surface area contributed by atoms with Gasteiger partial charge in [-0.2, -0.15) is 5.26 Å². The van der Waals surface area contributed by atoms with Gasteiger partial charge in [-0.3, -0.25) is 0 Å². The predicted molar refractivity (Wildman–Crippen MR) is 83.9 cm³/mol. The summed E-state index contributed by atoms with van der Waals surface area (Å²) in [6.07, 6.45) is 9.03. The van der Waals surface area contributed by atoms with Crippen molar-refractivity contribution in [2.75, 3.05) is 6.61 Å². The Kier molecular flexibility index (Phi) is 3.85. The molecule has 0 unspecified atom stereocenters. The van der Waals surface area contributed by atoms with Crippen molar-refractivity contribution >= 4 is 0 Å². The first-order valence-corrected chi connectivity index (χ1v) is 8.57. The molecular weight excluding hydrogens is 306 g/mol. The Morgan fingerprint density at radius 1 is 1.29 bits per heavy atom. The minimum Gasteiger partial charge on any atom is -0.423 e. The second-order valence-corrected chi connectivity index (χ2v) is 6.78. The highest BCUT2D eigenvalue weighted by Crippen LogP contribution is 2.43. The van der Waals surface area contributed by atoms with Crippen LogP contribution in [0.5, 0.6) is 0 Å². The molecule has 2 aliphatic rings. The largest absolute Gasteiger partial charge is 0.423 e. The molecule has 3 heterocycles. The van der Waals surface area contributed by atoms with Crippen LogP contribution in [0.15, 0.2) is 16.8 Å². The van der Waals surface area contributed by atoms with Gasteiger partial charge in [0, 0.05) is 26.0 Å². The van der Waals surface area contributed by atoms with E-state index in [1.54, 1.807) is 6.20 Å². The highest BCUT2D eigenvalue weighted by Gasteiger charge is 2.43. The summed E-state index contributed by atoms with van der Waals surface area (Å²) in [6.45, 7) is 0.706. The number of imidazole rings is 1. The maximum Gasteiger partial charge on any atom is 0.236 e. The van der Waals surface area contributed by atoms with E-state index in [4.69, 9.17) is 9.15 Å². The molecule has 2 fully saturated rings. The first kappa shape index (κ1) is 15.3. The van der Waals surface area contributed by atoms with Crippen LogP contribution in [-0.4, -0.2) is 26.4 Å². The summed E-state index contributed by atoms with van der Waals surface area (Å²) in [5.74, 6) is 1.90. The van der Waals surface area contributed by atoms with Crippen molar-refractivity contribution in [2.24, 2.45) is 7.05 Å². The summed E-state index contributed by atoms with van der Waals surface area (Å²) < 4.78 is 14.0. The molecule has 1 saturated carbocycles. The second-order valence-electron chi connectivity index (χ2n) is 6.78. The van der Waals surface area contributed by atoms with Gasteiger partial charge >= 0.3 is 0 Å². The number of hydrogen-bond donors (Lipinski definition) is 0. The molecule has 1 aliphatic heterocycles. The van der Waals surface area contributed by atoms with E-state index in [0.29, 0.717) is 18.4 Å². The Morgan fingerprint density at radius 3 is 2.83 bits per heavy atom. The van der Waals surface area contributed by atoms with Crippen LogP contribution in [0.2, 0.25) is 0 Å². The summed E-state index contributed by atoms with van der Waals surface area (Å²) in [5.41, 5.74) is -0.598. The van der Waals surface area contributed by atoms with Crippen LogP contribution in [-0.2, 0) is 17.2 Å². The van der Waals surface area contributed by atoms with Crippen molar-refractivity contribution < 1.29 is 9.15 Å². The van der Waals surface area contributed by atoms with Crippen LogP contribution < -0.4 is 0 Å². The molecule has 24 heavy (non-hydrogen) atoms. The number of aryl methyl sites for hydroxylation is 1. The molecule has 2 atom stereocenters. The van der Waals surface area contributed by atoms with Gasteiger partial charge in [-0.25, -0.2) is 4.98 Å². The molecule has 0 spiro atoms. The van der Waals surface area contributed by atoms with Crippen LogP contribution in [0.4, 0.5) is 0 Å². The summed E-state index contributed by atoms with van der Waals surface area (Å²) in [5, 5.41) is 18.1. The summed E-state index contributed by atoms with van der Waals surface area (Å²) in [4.78, 5) is 4.43. The van der Waals surface area contributed by atoms with Gasteiger partial charge in [0.25, 0.3) is 0 Å². The fourth-order valence-electron chi connectivity index (χ4n) is 3.87. The van der Waals surface area contributed by atoms with Crippen molar-refractivity contribution in [3.63, 3.8) is 0 Å². The Hall–Kier alpha value is -2.20. The van der Waals surface area contributed by atoms with Crippen molar-refractivity contribution in [1.29, 1.82) is 5.26 Å². The van der Waals surface area contributed by atoms with E-state index in [-0.39, 0.29) is 12.0 Å². The van der Waals surface area contributed by atoms with Gasteiger partial charge < -0.3 is 13.7 Å². The second kappa shape index (κ2) is 6.02. The van der Waals surface area contributed by atoms with Gasteiger partial charge in [-0.1, -0.05) is 12.8 Å². The Balaban J connectivity index is 1.65. The van der Waals surface area contributed by atoms with Crippen LogP contribution in [0.3, 0.4) is 0 Å². The summed E-state index contributed by atoms with van der Waals surface area (Å²) in [6, 6.07) is 2.41. The molecule has 4 rings (SSSR count). The smallest absolute Gasteiger partial charge is 0.236 e. The van der Waals surface area contributed by atoms with E-state index >= 15 is 0 Å². The lowest BCUT2D eigenvalue weighted by molar-refractivity contribution is -0.0161. The molecule has 126 valence electrons. The zero-order chi connectivity index (χ0) is 16.6. The van der Waals surface area contributed by atoms with Crippen LogP contribution in [0.25, 0.3) is 0 Å². The first-order chi connectivity index (χ1) is 11.7. The van der Waals surface area contributed by atoms with Crippen molar-refractivity contribution in [1.82, 2.24) is 19.7 Å². The number of ether oxygens (including phenoxy) is 1. The molecule has 0 bridgehead atoms. The third-order valence-corrected chi connectivity index (χ3v) is 5.27. The fraction of sp³-hybridized carbons (Fsp3) is 0.647. The zero-order valence-corrected chi connectivity index (χ0v) is 13.8. The molecular formula is C17H21N5O2. The fourth-order valence-corrected chi connectivity index (χ4v) is 3.87. The van der Waals surface area contributed by atoms with Crippen LogP contribution >= 0.6 is 0 Å². The quantitative estimate of drug-likeness (QED) is 0.861. The van der Waals surface area contributed by atoms with E-state index in [1.807, 2.05) is 17.8 Å². The highest BCUT2D eigenvalue weighted by atomic mass is 16.5. The van der Waals surface area contributed by atoms with Crippen molar-refractivity contribution in [3.8, 4) is 6.07 Å². The molecule has 1 saturated heterocycles. The molecule has 0 aromatic carbocycles. The lowest BCUT2D eigenvalue weighted by Crippen LogP contribution is -2.24. The van der Waals surface area contributed by atoms with Crippen LogP contribution in [0.1, 0.15) is 68.2 Å². The molecule has 0 radical (unpaired) electrons. The topological polar surface area (TPSA) is 89.8 Å². The Morgan fingerprint density at radius 2 is 2.12 bits per heavy atom. The monoisotopic (exact) mass is 327 g/mol. The number of hydrogen-bond acceptors (Lipinski definition) is 6.